The first kappa shape index (κ1) is 11.7. The smallest absolute Gasteiger partial charge is 0.159 e. The Morgan fingerprint density at radius 2 is 1.80 bits per heavy atom. The molecule has 0 bridgehead atoms. The van der Waals surface area contributed by atoms with Gasteiger partial charge in [0, 0.05) is 5.56 Å². The standard InChI is InChI=1S/C13H16O2/c1-10(14)12-6-4-11(5-7-12)8-9-13(2,3)15/h4-9,15H,1-3H3. The van der Waals surface area contributed by atoms with Gasteiger partial charge in [-0.05, 0) is 26.3 Å². The van der Waals surface area contributed by atoms with Gasteiger partial charge in [-0.3, -0.25) is 4.79 Å². The van der Waals surface area contributed by atoms with Gasteiger partial charge in [0.15, 0.2) is 5.78 Å². The topological polar surface area (TPSA) is 37.3 Å². The number of Topliss-reactive ketones (excluding diaryl/α,β-unsaturated/α-hetero) is 1. The highest BCUT2D eigenvalue weighted by Crippen LogP contribution is 2.10. The summed E-state index contributed by atoms with van der Waals surface area (Å²) < 4.78 is 0. The van der Waals surface area contributed by atoms with Gasteiger partial charge in [0.2, 0.25) is 0 Å². The van der Waals surface area contributed by atoms with Crippen molar-refractivity contribution in [3.63, 3.8) is 0 Å². The lowest BCUT2D eigenvalue weighted by atomic mass is 10.1. The minimum absolute atomic E-state index is 0.0630. The second kappa shape index (κ2) is 4.41. The van der Waals surface area contributed by atoms with Gasteiger partial charge in [-0.1, -0.05) is 36.4 Å². The van der Waals surface area contributed by atoms with Crippen molar-refractivity contribution in [1.82, 2.24) is 0 Å². The van der Waals surface area contributed by atoms with Gasteiger partial charge in [-0.25, -0.2) is 0 Å². The fourth-order valence-corrected chi connectivity index (χ4v) is 1.13. The van der Waals surface area contributed by atoms with Crippen LogP contribution >= 0.6 is 0 Å². The van der Waals surface area contributed by atoms with Crippen LogP contribution in [0.3, 0.4) is 0 Å². The Kier molecular flexibility index (Phi) is 3.43. The third kappa shape index (κ3) is 4.09. The Morgan fingerprint density at radius 1 is 1.27 bits per heavy atom. The number of hydrogen-bond donors (Lipinski definition) is 1. The molecule has 0 atom stereocenters. The molecular weight excluding hydrogens is 188 g/mol. The summed E-state index contributed by atoms with van der Waals surface area (Å²) in [7, 11) is 0. The summed E-state index contributed by atoms with van der Waals surface area (Å²) >= 11 is 0. The lowest BCUT2D eigenvalue weighted by Gasteiger charge is -2.09. The van der Waals surface area contributed by atoms with Gasteiger partial charge in [0.1, 0.15) is 0 Å². The van der Waals surface area contributed by atoms with Gasteiger partial charge in [0.05, 0.1) is 5.60 Å². The molecule has 0 saturated carbocycles. The fraction of sp³-hybridized carbons (Fsp3) is 0.308. The zero-order valence-electron chi connectivity index (χ0n) is 9.32. The molecule has 1 aromatic rings. The van der Waals surface area contributed by atoms with E-state index >= 15 is 0 Å². The number of hydrogen-bond acceptors (Lipinski definition) is 2. The molecule has 15 heavy (non-hydrogen) atoms. The fourth-order valence-electron chi connectivity index (χ4n) is 1.13. The highest BCUT2D eigenvalue weighted by atomic mass is 16.3. The SMILES string of the molecule is CC(=O)c1ccc(C=CC(C)(C)O)cc1. The Hall–Kier alpha value is -1.41. The molecule has 0 radical (unpaired) electrons. The number of rotatable bonds is 3. The van der Waals surface area contributed by atoms with Crippen molar-refractivity contribution in [2.45, 2.75) is 26.4 Å². The Balaban J connectivity index is 2.82. The summed E-state index contributed by atoms with van der Waals surface area (Å²) in [6.45, 7) is 4.97. The van der Waals surface area contributed by atoms with Crippen molar-refractivity contribution in [3.05, 3.63) is 41.5 Å². The quantitative estimate of drug-likeness (QED) is 0.768. The molecule has 1 N–H and O–H groups in total. The van der Waals surface area contributed by atoms with Crippen molar-refractivity contribution in [2.24, 2.45) is 0 Å². The molecule has 0 aliphatic heterocycles. The lowest BCUT2D eigenvalue weighted by molar-refractivity contribution is 0.101. The molecule has 1 rings (SSSR count). The molecule has 0 amide bonds. The highest BCUT2D eigenvalue weighted by molar-refractivity contribution is 5.94. The number of ketones is 1. The van der Waals surface area contributed by atoms with Gasteiger partial charge in [-0.15, -0.1) is 0 Å². The van der Waals surface area contributed by atoms with E-state index in [4.69, 9.17) is 0 Å². The van der Waals surface area contributed by atoms with E-state index in [0.29, 0.717) is 5.56 Å². The first-order valence-electron chi connectivity index (χ1n) is 4.91. The van der Waals surface area contributed by atoms with Crippen LogP contribution in [0.2, 0.25) is 0 Å². The molecule has 0 aliphatic rings. The van der Waals surface area contributed by atoms with Crippen molar-refractivity contribution in [1.29, 1.82) is 0 Å². The van der Waals surface area contributed by atoms with E-state index < -0.39 is 5.60 Å². The number of aliphatic hydroxyl groups is 1. The highest BCUT2D eigenvalue weighted by Gasteiger charge is 2.05. The zero-order valence-corrected chi connectivity index (χ0v) is 9.32. The van der Waals surface area contributed by atoms with E-state index in [1.54, 1.807) is 39.0 Å². The average Bonchev–Trinajstić information content (AvgIpc) is 2.14. The summed E-state index contributed by atoms with van der Waals surface area (Å²) in [6.07, 6.45) is 3.56. The monoisotopic (exact) mass is 204 g/mol. The van der Waals surface area contributed by atoms with Crippen LogP contribution in [0, 0.1) is 0 Å². The largest absolute Gasteiger partial charge is 0.386 e. The molecule has 0 spiro atoms. The van der Waals surface area contributed by atoms with Crippen LogP contribution in [-0.2, 0) is 0 Å². The maximum absolute atomic E-state index is 11.0. The molecule has 0 aromatic heterocycles. The molecule has 2 heteroatoms. The van der Waals surface area contributed by atoms with Crippen LogP contribution in [0.15, 0.2) is 30.3 Å². The predicted molar refractivity (Wildman–Crippen MR) is 61.8 cm³/mol. The maximum Gasteiger partial charge on any atom is 0.159 e. The molecule has 0 aliphatic carbocycles. The molecule has 0 saturated heterocycles. The van der Waals surface area contributed by atoms with E-state index in [0.717, 1.165) is 5.56 Å². The van der Waals surface area contributed by atoms with Gasteiger partial charge >= 0.3 is 0 Å². The number of carbonyl (C=O) groups excluding carboxylic acids is 1. The first-order valence-corrected chi connectivity index (χ1v) is 4.91. The summed E-state index contributed by atoms with van der Waals surface area (Å²) in [4.78, 5) is 11.0. The maximum atomic E-state index is 11.0. The van der Waals surface area contributed by atoms with Crippen molar-refractivity contribution in [2.75, 3.05) is 0 Å². The second-order valence-corrected chi connectivity index (χ2v) is 4.17. The molecule has 80 valence electrons. The first-order chi connectivity index (χ1) is 6.88. The molecule has 2 nitrogen and oxygen atoms in total. The number of carbonyl (C=O) groups is 1. The van der Waals surface area contributed by atoms with E-state index in [-0.39, 0.29) is 5.78 Å². The lowest BCUT2D eigenvalue weighted by Crippen LogP contribution is -2.13. The van der Waals surface area contributed by atoms with E-state index in [1.165, 1.54) is 0 Å². The van der Waals surface area contributed by atoms with Crippen molar-refractivity contribution < 1.29 is 9.90 Å². The normalized spacial score (nSPS) is 12.0. The van der Waals surface area contributed by atoms with E-state index in [2.05, 4.69) is 0 Å². The minimum Gasteiger partial charge on any atom is -0.386 e. The minimum atomic E-state index is -0.806. The summed E-state index contributed by atoms with van der Waals surface area (Å²) in [5, 5.41) is 9.48. The summed E-state index contributed by atoms with van der Waals surface area (Å²) in [6, 6.07) is 7.29. The third-order valence-corrected chi connectivity index (χ3v) is 2.00. The van der Waals surface area contributed by atoms with Crippen LogP contribution in [-0.4, -0.2) is 16.5 Å². The summed E-state index contributed by atoms with van der Waals surface area (Å²) in [5.74, 6) is 0.0630. The Labute approximate surface area is 90.3 Å². The van der Waals surface area contributed by atoms with Crippen LogP contribution in [0.25, 0.3) is 6.08 Å². The van der Waals surface area contributed by atoms with Gasteiger partial charge in [-0.2, -0.15) is 0 Å². The van der Waals surface area contributed by atoms with Gasteiger partial charge < -0.3 is 5.11 Å². The summed E-state index contributed by atoms with van der Waals surface area (Å²) in [5.41, 5.74) is 0.872. The van der Waals surface area contributed by atoms with E-state index in [1.807, 2.05) is 18.2 Å². The third-order valence-electron chi connectivity index (χ3n) is 2.00. The van der Waals surface area contributed by atoms with Crippen LogP contribution in [0.4, 0.5) is 0 Å². The van der Waals surface area contributed by atoms with Crippen LogP contribution < -0.4 is 0 Å². The molecule has 0 unspecified atom stereocenters. The van der Waals surface area contributed by atoms with Crippen molar-refractivity contribution >= 4 is 11.9 Å². The molecular formula is C13H16O2. The average molecular weight is 204 g/mol. The van der Waals surface area contributed by atoms with Crippen LogP contribution in [0.1, 0.15) is 36.7 Å². The Bertz CT molecular complexity index is 367. The van der Waals surface area contributed by atoms with Gasteiger partial charge in [0.25, 0.3) is 0 Å². The molecule has 0 fully saturated rings. The molecule has 0 heterocycles. The zero-order chi connectivity index (χ0) is 11.5. The van der Waals surface area contributed by atoms with E-state index in [9.17, 15) is 9.90 Å². The van der Waals surface area contributed by atoms with Crippen LogP contribution in [0.5, 0.6) is 0 Å². The second-order valence-electron chi connectivity index (χ2n) is 4.17. The Morgan fingerprint density at radius 3 is 2.20 bits per heavy atom. The predicted octanol–water partition coefficient (Wildman–Crippen LogP) is 2.67. The number of benzene rings is 1. The van der Waals surface area contributed by atoms with Crippen molar-refractivity contribution in [3.8, 4) is 0 Å². The molecule has 1 aromatic carbocycles.